The molecule has 1 fully saturated rings. The fourth-order valence-electron chi connectivity index (χ4n) is 3.65. The van der Waals surface area contributed by atoms with Crippen LogP contribution in [0.1, 0.15) is 39.4 Å². The van der Waals surface area contributed by atoms with E-state index in [-0.39, 0.29) is 11.7 Å². The SMILES string of the molecule is CSc1sc(C(=O)N2CCN(C)CC2)c2c1C(=O)C(C=O)C(C)(C)C2. The van der Waals surface area contributed by atoms with Gasteiger partial charge in [0.2, 0.25) is 0 Å². The highest BCUT2D eigenvalue weighted by molar-refractivity contribution is 8.00. The summed E-state index contributed by atoms with van der Waals surface area (Å²) >= 11 is 2.90. The predicted molar refractivity (Wildman–Crippen MR) is 101 cm³/mol. The molecule has 1 aromatic rings. The number of hydrogen-bond acceptors (Lipinski definition) is 6. The quantitative estimate of drug-likeness (QED) is 0.458. The second-order valence-electron chi connectivity index (χ2n) is 7.52. The Balaban J connectivity index is 2.02. The van der Waals surface area contributed by atoms with Gasteiger partial charge in [-0.2, -0.15) is 0 Å². The highest BCUT2D eigenvalue weighted by atomic mass is 32.2. The number of piperazine rings is 1. The molecule has 1 atom stereocenters. The maximum atomic E-state index is 13.1. The fourth-order valence-corrected chi connectivity index (χ4v) is 5.69. The van der Waals surface area contributed by atoms with Gasteiger partial charge in [-0.05, 0) is 30.7 Å². The molecule has 25 heavy (non-hydrogen) atoms. The van der Waals surface area contributed by atoms with Crippen molar-refractivity contribution in [1.29, 1.82) is 0 Å². The first-order valence-electron chi connectivity index (χ1n) is 8.47. The number of carbonyl (C=O) groups excluding carboxylic acids is 3. The molecule has 1 saturated heterocycles. The number of likely N-dealkylation sites (N-methyl/N-ethyl adjacent to an activating group) is 1. The van der Waals surface area contributed by atoms with Crippen LogP contribution in [0, 0.1) is 11.3 Å². The number of thioether (sulfide) groups is 1. The van der Waals surface area contributed by atoms with Gasteiger partial charge in [0.15, 0.2) is 5.78 Å². The number of hydrogen-bond donors (Lipinski definition) is 0. The van der Waals surface area contributed by atoms with Gasteiger partial charge in [-0.3, -0.25) is 9.59 Å². The molecule has 1 aliphatic heterocycles. The fraction of sp³-hybridized carbons (Fsp3) is 0.611. The first-order chi connectivity index (χ1) is 11.8. The first-order valence-corrected chi connectivity index (χ1v) is 10.5. The summed E-state index contributed by atoms with van der Waals surface area (Å²) in [6.07, 6.45) is 3.28. The Morgan fingerprint density at radius 3 is 2.48 bits per heavy atom. The van der Waals surface area contributed by atoms with Crippen LogP contribution in [-0.4, -0.2) is 67.3 Å². The Bertz CT molecular complexity index is 718. The van der Waals surface area contributed by atoms with Crippen LogP contribution < -0.4 is 0 Å². The van der Waals surface area contributed by atoms with Crippen molar-refractivity contribution in [1.82, 2.24) is 9.80 Å². The largest absolute Gasteiger partial charge is 0.335 e. The number of rotatable bonds is 3. The lowest BCUT2D eigenvalue weighted by Crippen LogP contribution is -2.47. The molecule has 0 aromatic carbocycles. The number of carbonyl (C=O) groups is 3. The van der Waals surface area contributed by atoms with Crippen LogP contribution in [0.2, 0.25) is 0 Å². The van der Waals surface area contributed by atoms with Crippen molar-refractivity contribution in [2.75, 3.05) is 39.5 Å². The Hall–Kier alpha value is -1.18. The van der Waals surface area contributed by atoms with Crippen LogP contribution in [0.3, 0.4) is 0 Å². The molecule has 2 aliphatic rings. The summed E-state index contributed by atoms with van der Waals surface area (Å²) in [6.45, 7) is 7.04. The van der Waals surface area contributed by atoms with Crippen molar-refractivity contribution >= 4 is 41.1 Å². The molecular formula is C18H24N2O3S2. The van der Waals surface area contributed by atoms with E-state index >= 15 is 0 Å². The lowest BCUT2D eigenvalue weighted by molar-refractivity contribution is -0.112. The van der Waals surface area contributed by atoms with Gasteiger partial charge in [-0.15, -0.1) is 23.1 Å². The normalized spacial score (nSPS) is 23.4. The molecule has 1 aromatic heterocycles. The third-order valence-corrected chi connectivity index (χ3v) is 7.62. The van der Waals surface area contributed by atoms with Crippen LogP contribution in [-0.2, 0) is 11.2 Å². The van der Waals surface area contributed by atoms with Gasteiger partial charge in [0.05, 0.1) is 15.0 Å². The zero-order valence-corrected chi connectivity index (χ0v) is 16.8. The molecule has 0 N–H and O–H groups in total. The molecule has 1 amide bonds. The summed E-state index contributed by atoms with van der Waals surface area (Å²) in [4.78, 5) is 42.3. The predicted octanol–water partition coefficient (Wildman–Crippen LogP) is 2.44. The molecular weight excluding hydrogens is 356 g/mol. The standard InChI is InChI=1S/C18H24N2O3S2/c1-18(2)9-11-13(14(22)12(18)10-21)17(24-4)25-15(11)16(23)20-7-5-19(3)6-8-20/h10,12H,5-9H2,1-4H3. The van der Waals surface area contributed by atoms with Crippen molar-refractivity contribution in [3.8, 4) is 0 Å². The second kappa shape index (κ2) is 6.85. The Kier molecular flexibility index (Phi) is 5.10. The molecule has 0 spiro atoms. The molecule has 1 unspecified atom stereocenters. The van der Waals surface area contributed by atoms with E-state index in [1.807, 2.05) is 25.0 Å². The lowest BCUT2D eigenvalue weighted by Gasteiger charge is -2.35. The zero-order chi connectivity index (χ0) is 18.4. The van der Waals surface area contributed by atoms with Crippen LogP contribution in [0.5, 0.6) is 0 Å². The number of ketones is 1. The topological polar surface area (TPSA) is 57.7 Å². The minimum atomic E-state index is -0.632. The van der Waals surface area contributed by atoms with E-state index in [9.17, 15) is 14.4 Å². The van der Waals surface area contributed by atoms with Crippen molar-refractivity contribution in [3.05, 3.63) is 16.0 Å². The molecule has 0 saturated carbocycles. The number of fused-ring (bicyclic) bond motifs is 1. The van der Waals surface area contributed by atoms with Gasteiger partial charge < -0.3 is 14.6 Å². The molecule has 5 nitrogen and oxygen atoms in total. The average molecular weight is 381 g/mol. The van der Waals surface area contributed by atoms with Crippen LogP contribution >= 0.6 is 23.1 Å². The molecule has 3 rings (SSSR count). The monoisotopic (exact) mass is 380 g/mol. The van der Waals surface area contributed by atoms with Crippen molar-refractivity contribution in [3.63, 3.8) is 0 Å². The number of aldehydes is 1. The van der Waals surface area contributed by atoms with E-state index in [1.54, 1.807) is 0 Å². The number of Topliss-reactive ketones (excluding diaryl/α,β-unsaturated/α-hetero) is 1. The van der Waals surface area contributed by atoms with Crippen LogP contribution in [0.15, 0.2) is 4.21 Å². The van der Waals surface area contributed by atoms with E-state index < -0.39 is 11.3 Å². The highest BCUT2D eigenvalue weighted by Gasteiger charge is 2.45. The third kappa shape index (κ3) is 3.17. The van der Waals surface area contributed by atoms with Crippen molar-refractivity contribution in [2.24, 2.45) is 11.3 Å². The molecule has 136 valence electrons. The van der Waals surface area contributed by atoms with Crippen molar-refractivity contribution in [2.45, 2.75) is 24.5 Å². The van der Waals surface area contributed by atoms with Crippen molar-refractivity contribution < 1.29 is 14.4 Å². The molecule has 2 heterocycles. The smallest absolute Gasteiger partial charge is 0.264 e. The van der Waals surface area contributed by atoms with E-state index in [0.29, 0.717) is 30.0 Å². The number of thiophene rings is 1. The molecule has 7 heteroatoms. The zero-order valence-electron chi connectivity index (χ0n) is 15.1. The summed E-state index contributed by atoms with van der Waals surface area (Å²) in [5.41, 5.74) is 1.01. The summed E-state index contributed by atoms with van der Waals surface area (Å²) < 4.78 is 0.861. The van der Waals surface area contributed by atoms with E-state index in [1.165, 1.54) is 23.1 Å². The minimum absolute atomic E-state index is 0.0304. The lowest BCUT2D eigenvalue weighted by atomic mass is 9.67. The van der Waals surface area contributed by atoms with Gasteiger partial charge in [0, 0.05) is 31.7 Å². The van der Waals surface area contributed by atoms with E-state index in [2.05, 4.69) is 11.9 Å². The van der Waals surface area contributed by atoms with Gasteiger partial charge in [0.1, 0.15) is 6.29 Å². The number of amides is 1. The molecule has 0 bridgehead atoms. The Labute approximate surface area is 156 Å². The van der Waals surface area contributed by atoms with Gasteiger partial charge in [-0.25, -0.2) is 0 Å². The maximum Gasteiger partial charge on any atom is 0.264 e. The van der Waals surface area contributed by atoms with Gasteiger partial charge in [0.25, 0.3) is 5.91 Å². The minimum Gasteiger partial charge on any atom is -0.335 e. The van der Waals surface area contributed by atoms with Gasteiger partial charge in [-0.1, -0.05) is 13.8 Å². The third-order valence-electron chi connectivity index (χ3n) is 5.28. The van der Waals surface area contributed by atoms with Crippen LogP contribution in [0.25, 0.3) is 0 Å². The van der Waals surface area contributed by atoms with E-state index in [0.717, 1.165) is 29.1 Å². The maximum absolute atomic E-state index is 13.1. The summed E-state index contributed by atoms with van der Waals surface area (Å²) in [5, 5.41) is 0. The average Bonchev–Trinajstić information content (AvgIpc) is 2.92. The van der Waals surface area contributed by atoms with E-state index in [4.69, 9.17) is 0 Å². The number of nitrogens with zero attached hydrogens (tertiary/aromatic N) is 2. The second-order valence-corrected chi connectivity index (χ2v) is 9.61. The Morgan fingerprint density at radius 2 is 1.92 bits per heavy atom. The molecule has 1 aliphatic carbocycles. The van der Waals surface area contributed by atoms with Crippen LogP contribution in [0.4, 0.5) is 0 Å². The summed E-state index contributed by atoms with van der Waals surface area (Å²) in [6, 6.07) is 0. The first kappa shape index (κ1) is 18.6. The van der Waals surface area contributed by atoms with Gasteiger partial charge >= 0.3 is 0 Å². The summed E-state index contributed by atoms with van der Waals surface area (Å²) in [7, 11) is 2.06. The summed E-state index contributed by atoms with van der Waals surface area (Å²) in [5.74, 6) is -0.728. The Morgan fingerprint density at radius 1 is 1.28 bits per heavy atom. The highest BCUT2D eigenvalue weighted by Crippen LogP contribution is 2.46. The molecule has 0 radical (unpaired) electrons.